The van der Waals surface area contributed by atoms with Crippen molar-refractivity contribution in [1.82, 2.24) is 15.2 Å². The smallest absolute Gasteiger partial charge is 0.253 e. The Labute approximate surface area is 207 Å². The summed E-state index contributed by atoms with van der Waals surface area (Å²) in [5.74, 6) is 1.06. The molecule has 1 aromatic heterocycles. The third-order valence-corrected chi connectivity index (χ3v) is 7.95. The Hall–Kier alpha value is -3.09. The second-order valence-corrected chi connectivity index (χ2v) is 10.1. The lowest BCUT2D eigenvalue weighted by Crippen LogP contribution is -2.45. The lowest BCUT2D eigenvalue weighted by Gasteiger charge is -2.38. The molecule has 35 heavy (non-hydrogen) atoms. The number of piperidine rings is 1. The molecular formula is C28H36N4O3. The summed E-state index contributed by atoms with van der Waals surface area (Å²) in [6.45, 7) is 2.41. The number of carbonyl (C=O) groups is 2. The normalized spacial score (nSPS) is 21.1. The van der Waals surface area contributed by atoms with Gasteiger partial charge >= 0.3 is 0 Å². The molecule has 5 rings (SSSR count). The molecule has 7 heteroatoms. The van der Waals surface area contributed by atoms with E-state index in [0.717, 1.165) is 69.3 Å². The second-order valence-electron chi connectivity index (χ2n) is 10.1. The van der Waals surface area contributed by atoms with E-state index in [9.17, 15) is 9.59 Å². The number of amides is 2. The molecule has 186 valence electrons. The van der Waals surface area contributed by atoms with Crippen LogP contribution in [0.2, 0.25) is 0 Å². The van der Waals surface area contributed by atoms with Crippen molar-refractivity contribution < 1.29 is 14.3 Å². The van der Waals surface area contributed by atoms with Crippen molar-refractivity contribution in [3.05, 3.63) is 53.9 Å². The van der Waals surface area contributed by atoms with Gasteiger partial charge in [0.1, 0.15) is 5.75 Å². The highest BCUT2D eigenvalue weighted by molar-refractivity contribution is 5.94. The van der Waals surface area contributed by atoms with Crippen molar-refractivity contribution in [2.24, 2.45) is 5.92 Å². The Balaban J connectivity index is 1.24. The van der Waals surface area contributed by atoms with Gasteiger partial charge in [0, 0.05) is 67.7 Å². The number of fused-ring (bicyclic) bond motifs is 1. The van der Waals surface area contributed by atoms with Crippen LogP contribution in [0.25, 0.3) is 0 Å². The van der Waals surface area contributed by atoms with Gasteiger partial charge in [-0.1, -0.05) is 19.3 Å². The lowest BCUT2D eigenvalue weighted by atomic mass is 9.88. The number of carbonyl (C=O) groups excluding carboxylic acids is 2. The minimum Gasteiger partial charge on any atom is -0.493 e. The van der Waals surface area contributed by atoms with Crippen LogP contribution in [0.5, 0.6) is 5.75 Å². The molecule has 1 saturated carbocycles. The first-order valence-corrected chi connectivity index (χ1v) is 13.1. The molecule has 0 spiro atoms. The van der Waals surface area contributed by atoms with E-state index in [1.54, 1.807) is 0 Å². The number of aromatic nitrogens is 1. The van der Waals surface area contributed by atoms with Crippen LogP contribution in [0.15, 0.2) is 42.7 Å². The van der Waals surface area contributed by atoms with E-state index in [1.165, 1.54) is 12.1 Å². The number of nitrogens with one attached hydrogen (secondary N) is 1. The zero-order valence-corrected chi connectivity index (χ0v) is 20.6. The van der Waals surface area contributed by atoms with Crippen LogP contribution < -0.4 is 15.0 Å². The number of ether oxygens (including phenoxy) is 1. The van der Waals surface area contributed by atoms with E-state index in [0.29, 0.717) is 12.2 Å². The summed E-state index contributed by atoms with van der Waals surface area (Å²) in [5.41, 5.74) is 2.76. The predicted octanol–water partition coefficient (Wildman–Crippen LogP) is 4.34. The molecule has 1 N–H and O–H groups in total. The number of pyridine rings is 1. The SMILES string of the molecule is CN(C(=O)c1ccc2c(c1)C(NC(=O)C1CCCCC1)CCO2)C1CCN(c2ccncc2)CC1. The maximum atomic E-state index is 13.4. The van der Waals surface area contributed by atoms with Gasteiger partial charge in [0.05, 0.1) is 12.6 Å². The highest BCUT2D eigenvalue weighted by atomic mass is 16.5. The van der Waals surface area contributed by atoms with Gasteiger partial charge in [-0.15, -0.1) is 0 Å². The second kappa shape index (κ2) is 10.7. The fourth-order valence-corrected chi connectivity index (χ4v) is 5.77. The number of anilines is 1. The van der Waals surface area contributed by atoms with Crippen LogP contribution >= 0.6 is 0 Å². The average molecular weight is 477 g/mol. The van der Waals surface area contributed by atoms with Gasteiger partial charge in [0.2, 0.25) is 5.91 Å². The molecule has 2 fully saturated rings. The Morgan fingerprint density at radius 1 is 1.00 bits per heavy atom. The Morgan fingerprint density at radius 3 is 2.49 bits per heavy atom. The molecule has 0 radical (unpaired) electrons. The summed E-state index contributed by atoms with van der Waals surface area (Å²) in [6, 6.07) is 9.85. The first-order chi connectivity index (χ1) is 17.1. The van der Waals surface area contributed by atoms with Crippen LogP contribution in [0.3, 0.4) is 0 Å². The standard InChI is InChI=1S/C28H36N4O3/c1-31(22-11-16-32(17-12-22)23-9-14-29-15-10-23)28(34)21-7-8-26-24(19-21)25(13-18-35-26)30-27(33)20-5-3-2-4-6-20/h7-10,14-15,19-20,22,25H,2-6,11-13,16-18H2,1H3,(H,30,33). The fraction of sp³-hybridized carbons (Fsp3) is 0.536. The number of benzene rings is 1. The third kappa shape index (κ3) is 5.29. The van der Waals surface area contributed by atoms with Crippen LogP contribution in [-0.2, 0) is 4.79 Å². The van der Waals surface area contributed by atoms with Crippen molar-refractivity contribution in [3.8, 4) is 5.75 Å². The maximum absolute atomic E-state index is 13.4. The van der Waals surface area contributed by atoms with Crippen molar-refractivity contribution in [1.29, 1.82) is 0 Å². The predicted molar refractivity (Wildman–Crippen MR) is 136 cm³/mol. The van der Waals surface area contributed by atoms with E-state index in [1.807, 2.05) is 54.7 Å². The highest BCUT2D eigenvalue weighted by Gasteiger charge is 2.30. The molecule has 3 heterocycles. The van der Waals surface area contributed by atoms with Gasteiger partial charge in [-0.3, -0.25) is 14.6 Å². The minimum atomic E-state index is -0.102. The van der Waals surface area contributed by atoms with Crippen molar-refractivity contribution in [2.45, 2.75) is 63.5 Å². The summed E-state index contributed by atoms with van der Waals surface area (Å²) in [4.78, 5) is 34.7. The number of hydrogen-bond acceptors (Lipinski definition) is 5. The zero-order chi connectivity index (χ0) is 24.2. The molecule has 2 aromatic rings. The fourth-order valence-electron chi connectivity index (χ4n) is 5.77. The van der Waals surface area contributed by atoms with Gasteiger partial charge in [-0.05, 0) is 56.0 Å². The monoisotopic (exact) mass is 476 g/mol. The van der Waals surface area contributed by atoms with E-state index in [-0.39, 0.29) is 29.8 Å². The summed E-state index contributed by atoms with van der Waals surface area (Å²) in [5, 5.41) is 3.27. The molecule has 2 amide bonds. The van der Waals surface area contributed by atoms with Gasteiger partial charge < -0.3 is 19.9 Å². The Kier molecular flexibility index (Phi) is 7.21. The lowest BCUT2D eigenvalue weighted by molar-refractivity contribution is -0.126. The quantitative estimate of drug-likeness (QED) is 0.695. The Bertz CT molecular complexity index is 1030. The van der Waals surface area contributed by atoms with Crippen LogP contribution in [-0.4, -0.2) is 54.5 Å². The molecule has 3 aliphatic rings. The van der Waals surface area contributed by atoms with Gasteiger partial charge in [-0.25, -0.2) is 0 Å². The maximum Gasteiger partial charge on any atom is 0.253 e. The molecule has 1 atom stereocenters. The van der Waals surface area contributed by atoms with E-state index in [2.05, 4.69) is 15.2 Å². The Morgan fingerprint density at radius 2 is 1.74 bits per heavy atom. The van der Waals surface area contributed by atoms with E-state index < -0.39 is 0 Å². The largest absolute Gasteiger partial charge is 0.493 e. The molecular weight excluding hydrogens is 440 g/mol. The molecule has 1 saturated heterocycles. The topological polar surface area (TPSA) is 74.8 Å². The number of rotatable bonds is 5. The van der Waals surface area contributed by atoms with E-state index >= 15 is 0 Å². The first kappa shape index (κ1) is 23.6. The zero-order valence-electron chi connectivity index (χ0n) is 20.6. The number of nitrogens with zero attached hydrogens (tertiary/aromatic N) is 3. The van der Waals surface area contributed by atoms with Crippen molar-refractivity contribution in [3.63, 3.8) is 0 Å². The minimum absolute atomic E-state index is 0.0260. The summed E-state index contributed by atoms with van der Waals surface area (Å²) in [6.07, 6.45) is 11.7. The molecule has 1 unspecified atom stereocenters. The number of hydrogen-bond donors (Lipinski definition) is 1. The first-order valence-electron chi connectivity index (χ1n) is 13.1. The third-order valence-electron chi connectivity index (χ3n) is 7.95. The molecule has 1 aliphatic carbocycles. The highest BCUT2D eigenvalue weighted by Crippen LogP contribution is 2.34. The molecule has 0 bridgehead atoms. The van der Waals surface area contributed by atoms with Crippen molar-refractivity contribution in [2.75, 3.05) is 31.6 Å². The summed E-state index contributed by atoms with van der Waals surface area (Å²) >= 11 is 0. The van der Waals surface area contributed by atoms with Gasteiger partial charge in [-0.2, -0.15) is 0 Å². The van der Waals surface area contributed by atoms with Crippen LogP contribution in [0, 0.1) is 5.92 Å². The average Bonchev–Trinajstić information content (AvgIpc) is 2.93. The molecule has 2 aliphatic heterocycles. The van der Waals surface area contributed by atoms with Crippen molar-refractivity contribution >= 4 is 17.5 Å². The van der Waals surface area contributed by atoms with Gasteiger partial charge in [0.25, 0.3) is 5.91 Å². The molecule has 1 aromatic carbocycles. The van der Waals surface area contributed by atoms with E-state index in [4.69, 9.17) is 4.74 Å². The molecule has 7 nitrogen and oxygen atoms in total. The van der Waals surface area contributed by atoms with Crippen LogP contribution in [0.4, 0.5) is 5.69 Å². The van der Waals surface area contributed by atoms with Crippen LogP contribution in [0.1, 0.15) is 73.3 Å². The van der Waals surface area contributed by atoms with Gasteiger partial charge in [0.15, 0.2) is 0 Å². The summed E-state index contributed by atoms with van der Waals surface area (Å²) in [7, 11) is 1.91. The summed E-state index contributed by atoms with van der Waals surface area (Å²) < 4.78 is 5.86.